The van der Waals surface area contributed by atoms with E-state index in [9.17, 15) is 14.3 Å². The summed E-state index contributed by atoms with van der Waals surface area (Å²) in [5.41, 5.74) is 6.79. The van der Waals surface area contributed by atoms with E-state index in [-0.39, 0.29) is 17.1 Å². The topological polar surface area (TPSA) is 81.1 Å². The lowest BCUT2D eigenvalue weighted by Crippen LogP contribution is -2.28. The molecule has 0 fully saturated rings. The van der Waals surface area contributed by atoms with Gasteiger partial charge in [-0.25, -0.2) is 9.07 Å². The van der Waals surface area contributed by atoms with Crippen molar-refractivity contribution in [1.29, 1.82) is 0 Å². The van der Waals surface area contributed by atoms with Gasteiger partial charge in [-0.3, -0.25) is 4.79 Å². The number of hydrogen-bond acceptors (Lipinski definition) is 4. The summed E-state index contributed by atoms with van der Waals surface area (Å²) >= 11 is 0. The van der Waals surface area contributed by atoms with Gasteiger partial charge in [0, 0.05) is 17.7 Å². The Hall–Kier alpha value is -2.21. The van der Waals surface area contributed by atoms with Gasteiger partial charge < -0.3 is 10.8 Å². The zero-order valence-electron chi connectivity index (χ0n) is 12.7. The standard InChI is InChI=1S/C16H20FN3O2/c1-3-4-9-20-16(22)14(18)13(10(2)21)15(19-20)11-5-7-12(17)8-6-11/h5-8,10,21H,3-4,9,18H2,1-2H3. The molecule has 1 aromatic heterocycles. The van der Waals surface area contributed by atoms with E-state index in [0.717, 1.165) is 12.8 Å². The molecule has 1 heterocycles. The van der Waals surface area contributed by atoms with E-state index < -0.39 is 11.7 Å². The zero-order valence-corrected chi connectivity index (χ0v) is 12.7. The number of nitrogens with zero attached hydrogens (tertiary/aromatic N) is 2. The van der Waals surface area contributed by atoms with Gasteiger partial charge in [0.15, 0.2) is 0 Å². The van der Waals surface area contributed by atoms with Crippen LogP contribution < -0.4 is 11.3 Å². The third-order valence-corrected chi connectivity index (χ3v) is 3.49. The van der Waals surface area contributed by atoms with Crippen molar-refractivity contribution in [3.05, 3.63) is 46.0 Å². The number of unbranched alkanes of at least 4 members (excludes halogenated alkanes) is 1. The van der Waals surface area contributed by atoms with Crippen LogP contribution in [0.5, 0.6) is 0 Å². The summed E-state index contributed by atoms with van der Waals surface area (Å²) in [6, 6.07) is 5.72. The molecule has 2 rings (SSSR count). The maximum atomic E-state index is 13.1. The Morgan fingerprint density at radius 3 is 2.55 bits per heavy atom. The Labute approximate surface area is 128 Å². The Bertz CT molecular complexity index is 709. The number of nitrogen functional groups attached to an aromatic ring is 1. The van der Waals surface area contributed by atoms with Crippen molar-refractivity contribution in [3.63, 3.8) is 0 Å². The number of aliphatic hydroxyl groups excluding tert-OH is 1. The fourth-order valence-corrected chi connectivity index (χ4v) is 2.31. The Kier molecular flexibility index (Phi) is 4.92. The zero-order chi connectivity index (χ0) is 16.3. The summed E-state index contributed by atoms with van der Waals surface area (Å²) in [5.74, 6) is -0.366. The van der Waals surface area contributed by atoms with Crippen molar-refractivity contribution in [2.24, 2.45) is 0 Å². The molecule has 0 saturated carbocycles. The minimum atomic E-state index is -0.943. The molecule has 0 aliphatic carbocycles. The smallest absolute Gasteiger partial charge is 0.290 e. The molecule has 5 nitrogen and oxygen atoms in total. The van der Waals surface area contributed by atoms with Crippen molar-refractivity contribution in [2.45, 2.75) is 39.3 Å². The maximum absolute atomic E-state index is 13.1. The number of nitrogens with two attached hydrogens (primary N) is 1. The normalized spacial score (nSPS) is 12.4. The summed E-state index contributed by atoms with van der Waals surface area (Å²) in [6.07, 6.45) is 0.766. The van der Waals surface area contributed by atoms with Crippen LogP contribution >= 0.6 is 0 Å². The summed E-state index contributed by atoms with van der Waals surface area (Å²) in [7, 11) is 0. The highest BCUT2D eigenvalue weighted by molar-refractivity contribution is 5.69. The van der Waals surface area contributed by atoms with Crippen molar-refractivity contribution in [2.75, 3.05) is 5.73 Å². The largest absolute Gasteiger partial charge is 0.394 e. The van der Waals surface area contributed by atoms with Crippen molar-refractivity contribution >= 4 is 5.69 Å². The second kappa shape index (κ2) is 6.70. The third-order valence-electron chi connectivity index (χ3n) is 3.49. The van der Waals surface area contributed by atoms with E-state index in [1.807, 2.05) is 6.92 Å². The molecule has 0 bridgehead atoms. The van der Waals surface area contributed by atoms with Crippen LogP contribution in [0.4, 0.5) is 10.1 Å². The molecule has 6 heteroatoms. The number of anilines is 1. The Balaban J connectivity index is 2.66. The number of hydrogen-bond donors (Lipinski definition) is 2. The third kappa shape index (κ3) is 3.17. The second-order valence-electron chi connectivity index (χ2n) is 5.24. The molecular formula is C16H20FN3O2. The summed E-state index contributed by atoms with van der Waals surface area (Å²) in [5, 5.41) is 14.3. The number of aryl methyl sites for hydroxylation is 1. The molecule has 1 unspecified atom stereocenters. The van der Waals surface area contributed by atoms with Gasteiger partial charge >= 0.3 is 0 Å². The lowest BCUT2D eigenvalue weighted by Gasteiger charge is -2.16. The number of halogens is 1. The van der Waals surface area contributed by atoms with Crippen molar-refractivity contribution < 1.29 is 9.50 Å². The van der Waals surface area contributed by atoms with Gasteiger partial charge in [0.1, 0.15) is 11.5 Å². The van der Waals surface area contributed by atoms with Crippen LogP contribution in [0.3, 0.4) is 0 Å². The first-order valence-electron chi connectivity index (χ1n) is 7.30. The van der Waals surface area contributed by atoms with E-state index in [4.69, 9.17) is 5.73 Å². The summed E-state index contributed by atoms with van der Waals surface area (Å²) in [4.78, 5) is 12.2. The summed E-state index contributed by atoms with van der Waals surface area (Å²) < 4.78 is 14.4. The first-order chi connectivity index (χ1) is 10.5. The molecule has 0 saturated heterocycles. The first kappa shape index (κ1) is 16.2. The van der Waals surface area contributed by atoms with Gasteiger partial charge in [0.2, 0.25) is 0 Å². The molecular weight excluding hydrogens is 285 g/mol. The molecule has 22 heavy (non-hydrogen) atoms. The second-order valence-corrected chi connectivity index (χ2v) is 5.24. The van der Waals surface area contributed by atoms with Gasteiger partial charge in [-0.2, -0.15) is 5.10 Å². The van der Waals surface area contributed by atoms with Gasteiger partial charge in [-0.15, -0.1) is 0 Å². The van der Waals surface area contributed by atoms with Crippen LogP contribution in [0.15, 0.2) is 29.1 Å². The lowest BCUT2D eigenvalue weighted by atomic mass is 10.0. The molecule has 0 radical (unpaired) electrons. The molecule has 1 atom stereocenters. The van der Waals surface area contributed by atoms with E-state index in [1.165, 1.54) is 23.7 Å². The van der Waals surface area contributed by atoms with Crippen LogP contribution in [-0.2, 0) is 6.54 Å². The number of benzene rings is 1. The number of aliphatic hydroxyl groups is 1. The molecule has 0 aliphatic heterocycles. The molecule has 0 spiro atoms. The highest BCUT2D eigenvalue weighted by Gasteiger charge is 2.20. The summed E-state index contributed by atoms with van der Waals surface area (Å²) in [6.45, 7) is 3.99. The average molecular weight is 305 g/mol. The fourth-order valence-electron chi connectivity index (χ4n) is 2.31. The van der Waals surface area contributed by atoms with Crippen LogP contribution in [0, 0.1) is 5.82 Å². The van der Waals surface area contributed by atoms with Crippen LogP contribution in [0.1, 0.15) is 38.4 Å². The Morgan fingerprint density at radius 2 is 2.00 bits per heavy atom. The fraction of sp³-hybridized carbons (Fsp3) is 0.375. The maximum Gasteiger partial charge on any atom is 0.290 e. The minimum absolute atomic E-state index is 0.0135. The molecule has 2 aromatic rings. The molecule has 3 N–H and O–H groups in total. The number of aromatic nitrogens is 2. The minimum Gasteiger partial charge on any atom is -0.394 e. The van der Waals surface area contributed by atoms with Crippen LogP contribution in [-0.4, -0.2) is 14.9 Å². The first-order valence-corrected chi connectivity index (χ1v) is 7.30. The molecule has 0 amide bonds. The highest BCUT2D eigenvalue weighted by atomic mass is 19.1. The SMILES string of the molecule is CCCCn1nc(-c2ccc(F)cc2)c(C(C)O)c(N)c1=O. The lowest BCUT2D eigenvalue weighted by molar-refractivity contribution is 0.199. The van der Waals surface area contributed by atoms with E-state index in [1.54, 1.807) is 12.1 Å². The predicted molar refractivity (Wildman–Crippen MR) is 83.8 cm³/mol. The van der Waals surface area contributed by atoms with Gasteiger partial charge in [0.25, 0.3) is 5.56 Å². The molecule has 1 aromatic carbocycles. The van der Waals surface area contributed by atoms with Crippen LogP contribution in [0.2, 0.25) is 0 Å². The van der Waals surface area contributed by atoms with Gasteiger partial charge in [-0.05, 0) is 37.6 Å². The van der Waals surface area contributed by atoms with Gasteiger partial charge in [0.05, 0.1) is 11.8 Å². The average Bonchev–Trinajstić information content (AvgIpc) is 2.49. The Morgan fingerprint density at radius 1 is 1.36 bits per heavy atom. The van der Waals surface area contributed by atoms with E-state index in [2.05, 4.69) is 5.10 Å². The van der Waals surface area contributed by atoms with Gasteiger partial charge in [-0.1, -0.05) is 13.3 Å². The molecule has 0 aliphatic rings. The van der Waals surface area contributed by atoms with E-state index >= 15 is 0 Å². The quantitative estimate of drug-likeness (QED) is 0.889. The van der Waals surface area contributed by atoms with Crippen molar-refractivity contribution in [3.8, 4) is 11.3 Å². The van der Waals surface area contributed by atoms with Crippen molar-refractivity contribution in [1.82, 2.24) is 9.78 Å². The monoisotopic (exact) mass is 305 g/mol. The highest BCUT2D eigenvalue weighted by Crippen LogP contribution is 2.29. The molecule has 118 valence electrons. The van der Waals surface area contributed by atoms with E-state index in [0.29, 0.717) is 17.8 Å². The predicted octanol–water partition coefficient (Wildman–Crippen LogP) is 2.48. The van der Waals surface area contributed by atoms with Crippen LogP contribution in [0.25, 0.3) is 11.3 Å². The number of rotatable bonds is 5.